The molecule has 0 fully saturated rings. The number of carbonyl (C=O) groups is 1. The third-order valence-corrected chi connectivity index (χ3v) is 2.34. The highest BCUT2D eigenvalue weighted by Crippen LogP contribution is 2.39. The highest BCUT2D eigenvalue weighted by molar-refractivity contribution is 5.68. The number of alkyl carbamates (subject to hydrolysis) is 1. The first-order chi connectivity index (χ1) is 9.40. The van der Waals surface area contributed by atoms with Gasteiger partial charge in [-0.15, -0.1) is 0 Å². The van der Waals surface area contributed by atoms with Gasteiger partial charge in [0.2, 0.25) is 0 Å². The van der Waals surface area contributed by atoms with Gasteiger partial charge in [-0.05, 0) is 38.5 Å². The molecule has 0 aromatic heterocycles. The lowest BCUT2D eigenvalue weighted by Crippen LogP contribution is -2.32. The first-order valence-corrected chi connectivity index (χ1v) is 6.05. The maximum absolute atomic E-state index is 12.7. The van der Waals surface area contributed by atoms with Crippen LogP contribution >= 0.6 is 0 Å². The van der Waals surface area contributed by atoms with Gasteiger partial charge in [0.1, 0.15) is 5.60 Å². The van der Waals surface area contributed by atoms with Gasteiger partial charge in [-0.1, -0.05) is 0 Å². The van der Waals surface area contributed by atoms with Crippen LogP contribution in [0.1, 0.15) is 31.9 Å². The van der Waals surface area contributed by atoms with Crippen LogP contribution in [0.15, 0.2) is 12.1 Å². The van der Waals surface area contributed by atoms with E-state index in [-0.39, 0.29) is 12.1 Å². The number of hydrogen-bond acceptors (Lipinski definition) is 4. The summed E-state index contributed by atoms with van der Waals surface area (Å²) in [6, 6.07) is 1.88. The second kappa shape index (κ2) is 5.71. The number of nitrogens with two attached hydrogens (primary N) is 1. The van der Waals surface area contributed by atoms with Gasteiger partial charge in [-0.2, -0.15) is 13.2 Å². The number of amides is 1. The molecule has 0 atom stereocenters. The molecule has 0 bridgehead atoms. The van der Waals surface area contributed by atoms with Crippen LogP contribution < -0.4 is 11.1 Å². The molecule has 118 valence electrons. The Bertz CT molecular complexity index is 537. The van der Waals surface area contributed by atoms with Gasteiger partial charge in [-0.3, -0.25) is 0 Å². The molecule has 0 radical (unpaired) electrons. The van der Waals surface area contributed by atoms with Gasteiger partial charge in [0.25, 0.3) is 0 Å². The van der Waals surface area contributed by atoms with E-state index in [1.54, 1.807) is 20.8 Å². The molecule has 0 aliphatic carbocycles. The summed E-state index contributed by atoms with van der Waals surface area (Å²) in [6.45, 7) is 4.77. The number of nitrogens with one attached hydrogen (secondary N) is 1. The molecule has 0 heterocycles. The monoisotopic (exact) mass is 306 g/mol. The van der Waals surface area contributed by atoms with Crippen LogP contribution in [0.4, 0.5) is 23.7 Å². The largest absolute Gasteiger partial charge is 0.505 e. The number of ether oxygens (including phenoxy) is 1. The van der Waals surface area contributed by atoms with Crippen LogP contribution in [0.5, 0.6) is 5.75 Å². The van der Waals surface area contributed by atoms with E-state index in [0.717, 1.165) is 12.1 Å². The highest BCUT2D eigenvalue weighted by atomic mass is 19.4. The molecule has 0 saturated carbocycles. The van der Waals surface area contributed by atoms with Crippen molar-refractivity contribution in [3.05, 3.63) is 23.3 Å². The summed E-state index contributed by atoms with van der Waals surface area (Å²) < 4.78 is 43.1. The number of phenols is 1. The Balaban J connectivity index is 2.86. The van der Waals surface area contributed by atoms with Crippen LogP contribution in [0.2, 0.25) is 0 Å². The predicted octanol–water partition coefficient (Wildman–Crippen LogP) is 3.02. The van der Waals surface area contributed by atoms with Crippen LogP contribution in [0.25, 0.3) is 0 Å². The van der Waals surface area contributed by atoms with E-state index in [2.05, 4.69) is 5.32 Å². The van der Waals surface area contributed by atoms with Gasteiger partial charge in [0.05, 0.1) is 11.3 Å². The van der Waals surface area contributed by atoms with Crippen LogP contribution in [-0.2, 0) is 17.5 Å². The summed E-state index contributed by atoms with van der Waals surface area (Å²) in [7, 11) is 0. The van der Waals surface area contributed by atoms with E-state index in [1.807, 2.05) is 0 Å². The molecule has 1 aromatic rings. The predicted molar refractivity (Wildman–Crippen MR) is 70.6 cm³/mol. The number of halogens is 3. The van der Waals surface area contributed by atoms with Crippen molar-refractivity contribution in [2.24, 2.45) is 0 Å². The average molecular weight is 306 g/mol. The molecule has 1 amide bonds. The molecule has 0 aliphatic rings. The van der Waals surface area contributed by atoms with Crippen molar-refractivity contribution < 1.29 is 27.8 Å². The topological polar surface area (TPSA) is 84.6 Å². The summed E-state index contributed by atoms with van der Waals surface area (Å²) in [4.78, 5) is 11.4. The van der Waals surface area contributed by atoms with Crippen molar-refractivity contribution in [2.75, 3.05) is 5.73 Å². The second-order valence-corrected chi connectivity index (χ2v) is 5.43. The number of carbonyl (C=O) groups excluding carboxylic acids is 1. The average Bonchev–Trinajstić information content (AvgIpc) is 2.26. The van der Waals surface area contributed by atoms with E-state index < -0.39 is 34.9 Å². The van der Waals surface area contributed by atoms with Gasteiger partial charge in [0.15, 0.2) is 5.75 Å². The number of rotatable bonds is 2. The third-order valence-electron chi connectivity index (χ3n) is 2.34. The van der Waals surface area contributed by atoms with Crippen molar-refractivity contribution >= 4 is 11.8 Å². The summed E-state index contributed by atoms with van der Waals surface area (Å²) >= 11 is 0. The molecule has 0 saturated heterocycles. The van der Waals surface area contributed by atoms with Crippen molar-refractivity contribution in [3.8, 4) is 5.75 Å². The SMILES string of the molecule is CC(C)(C)OC(=O)NCc1cc(N)c(O)c(C(F)(F)F)c1. The minimum Gasteiger partial charge on any atom is -0.505 e. The molecule has 1 aromatic carbocycles. The number of alkyl halides is 3. The van der Waals surface area contributed by atoms with Crippen molar-refractivity contribution in [1.29, 1.82) is 0 Å². The Morgan fingerprint density at radius 3 is 2.38 bits per heavy atom. The fourth-order valence-corrected chi connectivity index (χ4v) is 1.53. The smallest absolute Gasteiger partial charge is 0.420 e. The van der Waals surface area contributed by atoms with Gasteiger partial charge >= 0.3 is 12.3 Å². The molecular weight excluding hydrogens is 289 g/mol. The van der Waals surface area contributed by atoms with E-state index in [4.69, 9.17) is 10.5 Å². The quantitative estimate of drug-likeness (QED) is 0.579. The van der Waals surface area contributed by atoms with Crippen LogP contribution in [-0.4, -0.2) is 16.8 Å². The first kappa shape index (κ1) is 16.9. The second-order valence-electron chi connectivity index (χ2n) is 5.43. The maximum atomic E-state index is 12.7. The number of hydrogen-bond donors (Lipinski definition) is 3. The van der Waals surface area contributed by atoms with E-state index in [1.165, 1.54) is 0 Å². The normalized spacial score (nSPS) is 12.1. The third kappa shape index (κ3) is 5.05. The highest BCUT2D eigenvalue weighted by Gasteiger charge is 2.35. The molecule has 21 heavy (non-hydrogen) atoms. The Kier molecular flexibility index (Phi) is 4.60. The number of aromatic hydroxyl groups is 1. The Morgan fingerprint density at radius 2 is 1.90 bits per heavy atom. The molecule has 4 N–H and O–H groups in total. The van der Waals surface area contributed by atoms with Crippen LogP contribution in [0.3, 0.4) is 0 Å². The van der Waals surface area contributed by atoms with Gasteiger partial charge in [0, 0.05) is 6.54 Å². The molecule has 1 rings (SSSR count). The lowest BCUT2D eigenvalue weighted by Gasteiger charge is -2.20. The fraction of sp³-hybridized carbons (Fsp3) is 0.462. The fourth-order valence-electron chi connectivity index (χ4n) is 1.53. The van der Waals surface area contributed by atoms with Crippen molar-refractivity contribution in [1.82, 2.24) is 5.32 Å². The number of benzene rings is 1. The van der Waals surface area contributed by atoms with E-state index in [0.29, 0.717) is 0 Å². The van der Waals surface area contributed by atoms with Crippen LogP contribution in [0, 0.1) is 0 Å². The van der Waals surface area contributed by atoms with Gasteiger partial charge in [-0.25, -0.2) is 4.79 Å². The van der Waals surface area contributed by atoms with E-state index in [9.17, 15) is 23.1 Å². The zero-order valence-electron chi connectivity index (χ0n) is 11.8. The minimum absolute atomic E-state index is 0.100. The Labute approximate surface area is 119 Å². The van der Waals surface area contributed by atoms with Crippen molar-refractivity contribution in [3.63, 3.8) is 0 Å². The summed E-state index contributed by atoms with van der Waals surface area (Å²) in [5.74, 6) is -1.02. The Morgan fingerprint density at radius 1 is 1.33 bits per heavy atom. The zero-order valence-corrected chi connectivity index (χ0v) is 11.8. The number of phenolic OH excluding ortho intramolecular Hbond substituents is 1. The summed E-state index contributed by atoms with van der Waals surface area (Å²) in [6.07, 6.45) is -5.50. The standard InChI is InChI=1S/C13H17F3N2O3/c1-12(2,3)21-11(20)18-6-7-4-8(13(14,15)16)10(19)9(17)5-7/h4-5,19H,6,17H2,1-3H3,(H,18,20). The lowest BCUT2D eigenvalue weighted by molar-refractivity contribution is -0.138. The molecule has 8 heteroatoms. The van der Waals surface area contributed by atoms with E-state index >= 15 is 0 Å². The number of nitrogen functional groups attached to an aromatic ring is 1. The Hall–Kier alpha value is -2.12. The van der Waals surface area contributed by atoms with Crippen molar-refractivity contribution in [2.45, 2.75) is 39.1 Å². The summed E-state index contributed by atoms with van der Waals surface area (Å²) in [5.41, 5.74) is 3.06. The zero-order chi connectivity index (χ0) is 16.4. The minimum atomic E-state index is -4.74. The molecular formula is C13H17F3N2O3. The summed E-state index contributed by atoms with van der Waals surface area (Å²) in [5, 5.41) is 11.6. The number of anilines is 1. The molecule has 0 unspecified atom stereocenters. The first-order valence-electron chi connectivity index (χ1n) is 6.05. The lowest BCUT2D eigenvalue weighted by atomic mass is 10.1. The molecule has 0 aliphatic heterocycles. The maximum Gasteiger partial charge on any atom is 0.420 e. The van der Waals surface area contributed by atoms with Gasteiger partial charge < -0.3 is 20.9 Å². The molecule has 5 nitrogen and oxygen atoms in total. The molecule has 0 spiro atoms.